The molecular weight excluding hydrogens is 180 g/mol. The van der Waals surface area contributed by atoms with Crippen molar-refractivity contribution in [3.8, 4) is 0 Å². The highest BCUT2D eigenvalue weighted by molar-refractivity contribution is 5.96. The summed E-state index contributed by atoms with van der Waals surface area (Å²) < 4.78 is 0. The van der Waals surface area contributed by atoms with E-state index in [2.05, 4.69) is 17.6 Å². The maximum absolute atomic E-state index is 11.4. The third kappa shape index (κ3) is 2.72. The number of nitrogens with one attached hydrogen (secondary N) is 2. The van der Waals surface area contributed by atoms with Gasteiger partial charge in [0.2, 0.25) is 11.8 Å². The summed E-state index contributed by atoms with van der Waals surface area (Å²) in [4.78, 5) is 22.7. The number of unbranched alkanes of at least 4 members (excludes halogenated alkanes) is 2. The van der Waals surface area contributed by atoms with Gasteiger partial charge in [0.25, 0.3) is 0 Å². The molecule has 2 unspecified atom stereocenters. The number of hydrogen-bond acceptors (Lipinski definition) is 2. The third-order valence-electron chi connectivity index (χ3n) is 2.48. The zero-order valence-corrected chi connectivity index (χ0v) is 8.80. The molecule has 80 valence electrons. The van der Waals surface area contributed by atoms with Crippen molar-refractivity contribution >= 4 is 11.8 Å². The first-order chi connectivity index (χ1) is 6.65. The molecule has 2 amide bonds. The van der Waals surface area contributed by atoms with Crippen LogP contribution in [0.25, 0.3) is 0 Å². The van der Waals surface area contributed by atoms with Crippen LogP contribution >= 0.6 is 0 Å². The van der Waals surface area contributed by atoms with Gasteiger partial charge in [0, 0.05) is 0 Å². The minimum atomic E-state index is -0.384. The van der Waals surface area contributed by atoms with Gasteiger partial charge in [0.1, 0.15) is 12.1 Å². The maximum atomic E-state index is 11.4. The largest absolute Gasteiger partial charge is 0.343 e. The highest BCUT2D eigenvalue weighted by Crippen LogP contribution is 2.07. The molecule has 0 spiro atoms. The van der Waals surface area contributed by atoms with Gasteiger partial charge in [-0.15, -0.1) is 0 Å². The molecule has 2 atom stereocenters. The van der Waals surface area contributed by atoms with Gasteiger partial charge in [-0.1, -0.05) is 26.2 Å². The molecule has 1 rings (SSSR count). The number of carbonyl (C=O) groups is 2. The van der Waals surface area contributed by atoms with E-state index in [4.69, 9.17) is 0 Å². The molecule has 1 fully saturated rings. The lowest BCUT2D eigenvalue weighted by molar-refractivity contribution is -0.136. The Hall–Kier alpha value is -1.06. The first-order valence-electron chi connectivity index (χ1n) is 5.26. The van der Waals surface area contributed by atoms with Gasteiger partial charge in [-0.2, -0.15) is 0 Å². The summed E-state index contributed by atoms with van der Waals surface area (Å²) in [6, 6.07) is -0.699. The van der Waals surface area contributed by atoms with E-state index in [1.165, 1.54) is 0 Å². The predicted octanol–water partition coefficient (Wildman–Crippen LogP) is 0.570. The Morgan fingerprint density at radius 2 is 1.86 bits per heavy atom. The monoisotopic (exact) mass is 198 g/mol. The van der Waals surface area contributed by atoms with Crippen molar-refractivity contribution in [3.05, 3.63) is 0 Å². The lowest BCUT2D eigenvalue weighted by atomic mass is 10.0. The summed E-state index contributed by atoms with van der Waals surface area (Å²) in [5, 5.41) is 5.38. The van der Waals surface area contributed by atoms with Crippen LogP contribution in [0.2, 0.25) is 0 Å². The lowest BCUT2D eigenvalue weighted by Crippen LogP contribution is -2.60. The highest BCUT2D eigenvalue weighted by atomic mass is 16.2. The number of hydrogen-bond donors (Lipinski definition) is 2. The van der Waals surface area contributed by atoms with Gasteiger partial charge in [-0.25, -0.2) is 0 Å². The number of carbonyl (C=O) groups excluding carboxylic acids is 2. The molecule has 2 N–H and O–H groups in total. The number of piperazine rings is 1. The average molecular weight is 198 g/mol. The predicted molar refractivity (Wildman–Crippen MR) is 53.7 cm³/mol. The summed E-state index contributed by atoms with van der Waals surface area (Å²) in [6.45, 7) is 3.80. The minimum Gasteiger partial charge on any atom is -0.343 e. The van der Waals surface area contributed by atoms with E-state index in [-0.39, 0.29) is 23.9 Å². The molecule has 0 radical (unpaired) electrons. The standard InChI is InChI=1S/C10H18N2O2/c1-3-4-5-6-8-10(14)11-7(2)9(13)12-8/h7-8H,3-6H2,1-2H3,(H,11,14)(H,12,13). The maximum Gasteiger partial charge on any atom is 0.243 e. The lowest BCUT2D eigenvalue weighted by Gasteiger charge is -2.27. The fourth-order valence-electron chi connectivity index (χ4n) is 1.54. The van der Waals surface area contributed by atoms with Gasteiger partial charge in [-0.3, -0.25) is 9.59 Å². The fraction of sp³-hybridized carbons (Fsp3) is 0.800. The third-order valence-corrected chi connectivity index (χ3v) is 2.48. The van der Waals surface area contributed by atoms with Crippen LogP contribution < -0.4 is 10.6 Å². The van der Waals surface area contributed by atoms with Crippen molar-refractivity contribution in [1.29, 1.82) is 0 Å². The van der Waals surface area contributed by atoms with Gasteiger partial charge in [0.05, 0.1) is 0 Å². The molecule has 0 aromatic carbocycles. The second kappa shape index (κ2) is 4.98. The zero-order chi connectivity index (χ0) is 10.6. The Labute approximate surface area is 84.4 Å². The van der Waals surface area contributed by atoms with Crippen LogP contribution in [0.15, 0.2) is 0 Å². The van der Waals surface area contributed by atoms with Crippen LogP contribution in [0.3, 0.4) is 0 Å². The molecule has 0 aliphatic carbocycles. The molecule has 14 heavy (non-hydrogen) atoms. The highest BCUT2D eigenvalue weighted by Gasteiger charge is 2.29. The van der Waals surface area contributed by atoms with Crippen LogP contribution in [0.1, 0.15) is 39.5 Å². The minimum absolute atomic E-state index is 0.0480. The summed E-state index contributed by atoms with van der Waals surface area (Å²) in [7, 11) is 0. The normalized spacial score (nSPS) is 27.0. The summed E-state index contributed by atoms with van der Waals surface area (Å²) in [6.07, 6.45) is 3.97. The molecule has 1 aliphatic rings. The first-order valence-corrected chi connectivity index (χ1v) is 5.26. The summed E-state index contributed by atoms with van der Waals surface area (Å²) in [5.41, 5.74) is 0. The second-order valence-electron chi connectivity index (χ2n) is 3.79. The summed E-state index contributed by atoms with van der Waals surface area (Å²) >= 11 is 0. The van der Waals surface area contributed by atoms with Crippen molar-refractivity contribution in [2.45, 2.75) is 51.6 Å². The van der Waals surface area contributed by atoms with E-state index in [0.29, 0.717) is 0 Å². The van der Waals surface area contributed by atoms with E-state index >= 15 is 0 Å². The summed E-state index contributed by atoms with van der Waals surface area (Å²) in [5.74, 6) is -0.126. The van der Waals surface area contributed by atoms with Gasteiger partial charge >= 0.3 is 0 Å². The molecule has 0 aromatic heterocycles. The van der Waals surface area contributed by atoms with Crippen LogP contribution in [0, 0.1) is 0 Å². The van der Waals surface area contributed by atoms with E-state index < -0.39 is 0 Å². The number of rotatable bonds is 4. The smallest absolute Gasteiger partial charge is 0.243 e. The SMILES string of the molecule is CCCCCC1NC(=O)C(C)NC1=O. The molecule has 1 aliphatic heterocycles. The van der Waals surface area contributed by atoms with Gasteiger partial charge in [-0.05, 0) is 13.3 Å². The molecule has 0 saturated carbocycles. The Balaban J connectivity index is 2.37. The van der Waals surface area contributed by atoms with Crippen molar-refractivity contribution in [3.63, 3.8) is 0 Å². The average Bonchev–Trinajstić information content (AvgIpc) is 2.14. The molecule has 1 heterocycles. The fourth-order valence-corrected chi connectivity index (χ4v) is 1.54. The van der Waals surface area contributed by atoms with Gasteiger partial charge in [0.15, 0.2) is 0 Å². The zero-order valence-electron chi connectivity index (χ0n) is 8.80. The van der Waals surface area contributed by atoms with E-state index in [0.717, 1.165) is 25.7 Å². The Morgan fingerprint density at radius 1 is 1.14 bits per heavy atom. The quantitative estimate of drug-likeness (QED) is 0.649. The van der Waals surface area contributed by atoms with Crippen molar-refractivity contribution in [2.75, 3.05) is 0 Å². The van der Waals surface area contributed by atoms with Crippen LogP contribution in [-0.4, -0.2) is 23.9 Å². The second-order valence-corrected chi connectivity index (χ2v) is 3.79. The van der Waals surface area contributed by atoms with Crippen LogP contribution in [0.4, 0.5) is 0 Å². The molecule has 4 nitrogen and oxygen atoms in total. The molecule has 4 heteroatoms. The van der Waals surface area contributed by atoms with E-state index in [1.807, 2.05) is 0 Å². The van der Waals surface area contributed by atoms with E-state index in [1.54, 1.807) is 6.92 Å². The Morgan fingerprint density at radius 3 is 2.50 bits per heavy atom. The number of amides is 2. The van der Waals surface area contributed by atoms with Crippen LogP contribution in [-0.2, 0) is 9.59 Å². The van der Waals surface area contributed by atoms with Gasteiger partial charge < -0.3 is 10.6 Å². The Kier molecular flexibility index (Phi) is 3.92. The first kappa shape index (κ1) is 11.0. The van der Waals surface area contributed by atoms with Crippen molar-refractivity contribution in [2.24, 2.45) is 0 Å². The molecule has 0 bridgehead atoms. The topological polar surface area (TPSA) is 58.2 Å². The van der Waals surface area contributed by atoms with Crippen molar-refractivity contribution < 1.29 is 9.59 Å². The molecular formula is C10H18N2O2. The van der Waals surface area contributed by atoms with Crippen LogP contribution in [0.5, 0.6) is 0 Å². The molecule has 0 aromatic rings. The molecule has 1 saturated heterocycles. The van der Waals surface area contributed by atoms with Crippen molar-refractivity contribution in [1.82, 2.24) is 10.6 Å². The van der Waals surface area contributed by atoms with E-state index in [9.17, 15) is 9.59 Å². The Bertz CT molecular complexity index is 228.